The summed E-state index contributed by atoms with van der Waals surface area (Å²) in [6.07, 6.45) is 0.259. The second-order valence-corrected chi connectivity index (χ2v) is 8.22. The number of alkyl halides is 1. The molecule has 2 aliphatic heterocycles. The highest BCUT2D eigenvalue weighted by Crippen LogP contribution is 2.37. The Balaban J connectivity index is 1.79. The predicted molar refractivity (Wildman–Crippen MR) is 97.2 cm³/mol. The Morgan fingerprint density at radius 3 is 2.48 bits per heavy atom. The lowest BCUT2D eigenvalue weighted by molar-refractivity contribution is 0.00578. The molecule has 2 fully saturated rings. The molecule has 0 bridgehead atoms. The first-order chi connectivity index (χ1) is 11.6. The van der Waals surface area contributed by atoms with Crippen molar-refractivity contribution in [1.29, 1.82) is 0 Å². The van der Waals surface area contributed by atoms with Crippen LogP contribution in [-0.2, 0) is 9.31 Å². The SMILES string of the molecule is CC1(C)OB(c2ccc(C(=O)N3CCCC(F)C3)cc2Cl)OC1(C)C. The number of amides is 1. The highest BCUT2D eigenvalue weighted by Gasteiger charge is 2.52. The van der Waals surface area contributed by atoms with Crippen LogP contribution in [0.2, 0.25) is 5.02 Å². The maximum Gasteiger partial charge on any atom is 0.496 e. The van der Waals surface area contributed by atoms with Crippen LogP contribution in [-0.4, -0.2) is 48.4 Å². The maximum absolute atomic E-state index is 13.6. The summed E-state index contributed by atoms with van der Waals surface area (Å²) < 4.78 is 25.6. The lowest BCUT2D eigenvalue weighted by Crippen LogP contribution is -2.41. The Hall–Kier alpha value is -1.11. The van der Waals surface area contributed by atoms with Crippen LogP contribution < -0.4 is 5.46 Å². The van der Waals surface area contributed by atoms with Gasteiger partial charge in [-0.05, 0) is 52.7 Å². The van der Waals surface area contributed by atoms with Crippen LogP contribution in [0.15, 0.2) is 18.2 Å². The van der Waals surface area contributed by atoms with E-state index in [9.17, 15) is 9.18 Å². The lowest BCUT2D eigenvalue weighted by Gasteiger charge is -2.32. The van der Waals surface area contributed by atoms with Gasteiger partial charge in [-0.1, -0.05) is 17.7 Å². The van der Waals surface area contributed by atoms with E-state index in [1.807, 2.05) is 27.7 Å². The Bertz CT molecular complexity index is 666. The number of hydrogen-bond donors (Lipinski definition) is 0. The monoisotopic (exact) mass is 367 g/mol. The van der Waals surface area contributed by atoms with Gasteiger partial charge in [-0.25, -0.2) is 4.39 Å². The molecule has 2 aliphatic rings. The summed E-state index contributed by atoms with van der Waals surface area (Å²) in [6.45, 7) is 8.63. The number of carbonyl (C=O) groups is 1. The number of hydrogen-bond acceptors (Lipinski definition) is 3. The molecular weight excluding hydrogens is 343 g/mol. The normalized spacial score (nSPS) is 25.3. The minimum absolute atomic E-state index is 0.148. The number of rotatable bonds is 2. The van der Waals surface area contributed by atoms with E-state index in [4.69, 9.17) is 20.9 Å². The van der Waals surface area contributed by atoms with Crippen LogP contribution in [0.3, 0.4) is 0 Å². The quantitative estimate of drug-likeness (QED) is 0.754. The van der Waals surface area contributed by atoms with Crippen molar-refractivity contribution in [2.75, 3.05) is 13.1 Å². The second-order valence-electron chi connectivity index (χ2n) is 7.82. The van der Waals surface area contributed by atoms with Crippen molar-refractivity contribution < 1.29 is 18.5 Å². The fourth-order valence-corrected chi connectivity index (χ4v) is 3.38. The second kappa shape index (κ2) is 6.56. The third-order valence-corrected chi connectivity index (χ3v) is 5.73. The fraction of sp³-hybridized carbons (Fsp3) is 0.611. The summed E-state index contributed by atoms with van der Waals surface area (Å²) in [5.74, 6) is -0.190. The topological polar surface area (TPSA) is 38.8 Å². The van der Waals surface area contributed by atoms with Crippen molar-refractivity contribution in [1.82, 2.24) is 4.90 Å². The summed E-state index contributed by atoms with van der Waals surface area (Å²) >= 11 is 6.40. The third kappa shape index (κ3) is 3.57. The van der Waals surface area contributed by atoms with Crippen molar-refractivity contribution >= 4 is 30.1 Å². The van der Waals surface area contributed by atoms with Crippen molar-refractivity contribution in [3.63, 3.8) is 0 Å². The first-order valence-corrected chi connectivity index (χ1v) is 9.07. The van der Waals surface area contributed by atoms with Gasteiger partial charge in [0, 0.05) is 22.6 Å². The van der Waals surface area contributed by atoms with E-state index in [1.54, 1.807) is 23.1 Å². The molecule has 25 heavy (non-hydrogen) atoms. The van der Waals surface area contributed by atoms with Crippen molar-refractivity contribution in [3.05, 3.63) is 28.8 Å². The maximum atomic E-state index is 13.6. The van der Waals surface area contributed by atoms with Gasteiger partial charge in [-0.3, -0.25) is 4.79 Å². The average Bonchev–Trinajstić information content (AvgIpc) is 2.74. The minimum atomic E-state index is -0.947. The van der Waals surface area contributed by atoms with Crippen molar-refractivity contribution in [2.45, 2.75) is 57.9 Å². The molecule has 0 aliphatic carbocycles. The van der Waals surface area contributed by atoms with Gasteiger partial charge in [0.1, 0.15) is 6.17 Å². The van der Waals surface area contributed by atoms with Gasteiger partial charge in [0.2, 0.25) is 0 Å². The first-order valence-electron chi connectivity index (χ1n) is 8.69. The van der Waals surface area contributed by atoms with Crippen LogP contribution in [0.4, 0.5) is 4.39 Å². The van der Waals surface area contributed by atoms with Crippen molar-refractivity contribution in [3.8, 4) is 0 Å². The van der Waals surface area contributed by atoms with Crippen LogP contribution in [0.1, 0.15) is 50.9 Å². The van der Waals surface area contributed by atoms with Crippen LogP contribution >= 0.6 is 11.6 Å². The van der Waals surface area contributed by atoms with Gasteiger partial charge in [-0.15, -0.1) is 0 Å². The van der Waals surface area contributed by atoms with E-state index < -0.39 is 24.5 Å². The van der Waals surface area contributed by atoms with Gasteiger partial charge >= 0.3 is 7.12 Å². The number of piperidine rings is 1. The molecule has 0 aromatic heterocycles. The van der Waals surface area contributed by atoms with Crippen LogP contribution in [0.25, 0.3) is 0 Å². The van der Waals surface area contributed by atoms with E-state index in [0.29, 0.717) is 35.4 Å². The number of carbonyl (C=O) groups excluding carboxylic acids is 1. The zero-order chi connectivity index (χ0) is 18.4. The Morgan fingerprint density at radius 2 is 1.92 bits per heavy atom. The summed E-state index contributed by atoms with van der Waals surface area (Å²) in [5, 5.41) is 0.415. The average molecular weight is 368 g/mol. The number of nitrogens with zero attached hydrogens (tertiary/aromatic N) is 1. The lowest BCUT2D eigenvalue weighted by atomic mass is 9.78. The molecule has 0 N–H and O–H groups in total. The van der Waals surface area contributed by atoms with E-state index in [2.05, 4.69) is 0 Å². The summed E-state index contributed by atoms with van der Waals surface area (Å²) in [7, 11) is -0.577. The molecule has 4 nitrogen and oxygen atoms in total. The Labute approximate surface area is 153 Å². The third-order valence-electron chi connectivity index (χ3n) is 5.41. The summed E-state index contributed by atoms with van der Waals surface area (Å²) in [4.78, 5) is 14.1. The van der Waals surface area contributed by atoms with Gasteiger partial charge in [0.25, 0.3) is 5.91 Å². The standard InChI is InChI=1S/C18H24BClFNO3/c1-17(2)18(3,4)25-19(24-17)14-8-7-12(10-15(14)20)16(23)22-9-5-6-13(21)11-22/h7-8,10,13H,5-6,9,11H2,1-4H3. The largest absolute Gasteiger partial charge is 0.496 e. The molecule has 1 aromatic carbocycles. The van der Waals surface area contributed by atoms with E-state index in [1.165, 1.54) is 0 Å². The number of halogens is 2. The van der Waals surface area contributed by atoms with E-state index >= 15 is 0 Å². The number of benzene rings is 1. The molecule has 2 saturated heterocycles. The molecule has 136 valence electrons. The number of likely N-dealkylation sites (tertiary alicyclic amines) is 1. The van der Waals surface area contributed by atoms with Gasteiger partial charge < -0.3 is 14.2 Å². The molecular formula is C18H24BClFNO3. The fourth-order valence-electron chi connectivity index (χ4n) is 3.11. The highest BCUT2D eigenvalue weighted by atomic mass is 35.5. The highest BCUT2D eigenvalue weighted by molar-refractivity contribution is 6.65. The molecule has 1 aromatic rings. The molecule has 3 rings (SSSR count). The van der Waals surface area contributed by atoms with Gasteiger partial charge in [0.15, 0.2) is 0 Å². The van der Waals surface area contributed by atoms with E-state index in [0.717, 1.165) is 0 Å². The molecule has 0 radical (unpaired) electrons. The molecule has 7 heteroatoms. The van der Waals surface area contributed by atoms with Gasteiger partial charge in [-0.2, -0.15) is 0 Å². The zero-order valence-electron chi connectivity index (χ0n) is 15.1. The summed E-state index contributed by atoms with van der Waals surface area (Å²) in [5.41, 5.74) is 0.233. The van der Waals surface area contributed by atoms with E-state index in [-0.39, 0.29) is 12.5 Å². The summed E-state index contributed by atoms with van der Waals surface area (Å²) in [6, 6.07) is 5.08. The molecule has 1 unspecified atom stereocenters. The zero-order valence-corrected chi connectivity index (χ0v) is 15.9. The van der Waals surface area contributed by atoms with Crippen LogP contribution in [0.5, 0.6) is 0 Å². The molecule has 0 saturated carbocycles. The molecule has 1 amide bonds. The van der Waals surface area contributed by atoms with Crippen LogP contribution in [0, 0.1) is 0 Å². The molecule has 2 heterocycles. The minimum Gasteiger partial charge on any atom is -0.399 e. The molecule has 1 atom stereocenters. The smallest absolute Gasteiger partial charge is 0.399 e. The molecule has 0 spiro atoms. The van der Waals surface area contributed by atoms with Gasteiger partial charge in [0.05, 0.1) is 17.7 Å². The van der Waals surface area contributed by atoms with Crippen molar-refractivity contribution in [2.24, 2.45) is 0 Å². The predicted octanol–water partition coefficient (Wildman–Crippen LogP) is 3.21. The Kier molecular flexibility index (Phi) is 4.90. The Morgan fingerprint density at radius 1 is 1.28 bits per heavy atom. The first kappa shape index (κ1) is 18.7.